The van der Waals surface area contributed by atoms with Crippen LogP contribution in [0.25, 0.3) is 22.2 Å². The molecule has 2 aromatic heterocycles. The average Bonchev–Trinajstić information content (AvgIpc) is 3.30. The Labute approximate surface area is 176 Å². The van der Waals surface area contributed by atoms with Crippen molar-refractivity contribution in [1.29, 1.82) is 0 Å². The van der Waals surface area contributed by atoms with Crippen LogP contribution in [-0.2, 0) is 6.42 Å². The summed E-state index contributed by atoms with van der Waals surface area (Å²) in [4.78, 5) is 14.5. The van der Waals surface area contributed by atoms with Crippen molar-refractivity contribution in [1.82, 2.24) is 25.1 Å². The summed E-state index contributed by atoms with van der Waals surface area (Å²) in [7, 11) is 2.19. The Morgan fingerprint density at radius 1 is 1.03 bits per heavy atom. The number of likely N-dealkylation sites (N-methyl/N-ethyl adjacent to an activating group) is 1. The van der Waals surface area contributed by atoms with Gasteiger partial charge in [-0.1, -0.05) is 18.2 Å². The number of aryl methyl sites for hydroxylation is 1. The lowest BCUT2D eigenvalue weighted by molar-refractivity contribution is 0.313. The molecule has 1 saturated heterocycles. The minimum Gasteiger partial charge on any atom is -0.369 e. The van der Waals surface area contributed by atoms with Crippen LogP contribution in [0.3, 0.4) is 0 Å². The second-order valence-corrected chi connectivity index (χ2v) is 8.09. The summed E-state index contributed by atoms with van der Waals surface area (Å²) >= 11 is 0. The van der Waals surface area contributed by atoms with E-state index in [-0.39, 0.29) is 0 Å². The molecular formula is C24H26N6. The molecule has 0 bridgehead atoms. The number of anilines is 1. The summed E-state index contributed by atoms with van der Waals surface area (Å²) in [6, 6.07) is 13.0. The molecule has 152 valence electrons. The first-order valence-electron chi connectivity index (χ1n) is 10.4. The van der Waals surface area contributed by atoms with E-state index >= 15 is 0 Å². The molecule has 0 aliphatic carbocycles. The number of rotatable bonds is 4. The van der Waals surface area contributed by atoms with Gasteiger partial charge >= 0.3 is 0 Å². The molecule has 6 heteroatoms. The van der Waals surface area contributed by atoms with Crippen molar-refractivity contribution in [2.75, 3.05) is 38.1 Å². The van der Waals surface area contributed by atoms with Crippen LogP contribution in [-0.4, -0.2) is 58.3 Å². The highest BCUT2D eigenvalue weighted by atomic mass is 15.2. The van der Waals surface area contributed by atoms with E-state index in [0.717, 1.165) is 66.0 Å². The zero-order valence-corrected chi connectivity index (χ0v) is 17.5. The molecular weight excluding hydrogens is 372 g/mol. The largest absolute Gasteiger partial charge is 0.369 e. The Kier molecular flexibility index (Phi) is 4.93. The maximum absolute atomic E-state index is 4.98. The molecule has 0 atom stereocenters. The molecule has 4 aromatic rings. The molecule has 3 heterocycles. The maximum Gasteiger partial charge on any atom is 0.0925 e. The highest BCUT2D eigenvalue weighted by Crippen LogP contribution is 2.28. The van der Waals surface area contributed by atoms with E-state index < -0.39 is 0 Å². The van der Waals surface area contributed by atoms with Crippen LogP contribution in [0, 0.1) is 6.92 Å². The smallest absolute Gasteiger partial charge is 0.0925 e. The van der Waals surface area contributed by atoms with E-state index in [0.29, 0.717) is 0 Å². The Morgan fingerprint density at radius 2 is 1.90 bits per heavy atom. The summed E-state index contributed by atoms with van der Waals surface area (Å²) < 4.78 is 0. The molecule has 1 fully saturated rings. The average molecular weight is 399 g/mol. The normalized spacial score (nSPS) is 15.1. The Balaban J connectivity index is 1.43. The number of hydrogen-bond donors (Lipinski definition) is 1. The van der Waals surface area contributed by atoms with Gasteiger partial charge in [0.25, 0.3) is 0 Å². The number of piperazine rings is 1. The third kappa shape index (κ3) is 3.66. The molecule has 0 unspecified atom stereocenters. The molecule has 0 amide bonds. The van der Waals surface area contributed by atoms with Gasteiger partial charge in [0.15, 0.2) is 0 Å². The van der Waals surface area contributed by atoms with Crippen molar-refractivity contribution in [3.05, 3.63) is 71.8 Å². The minimum atomic E-state index is 0.778. The summed E-state index contributed by atoms with van der Waals surface area (Å²) in [6.07, 6.45) is 6.44. The molecule has 1 N–H and O–H groups in total. The predicted octanol–water partition coefficient (Wildman–Crippen LogP) is 3.67. The lowest BCUT2D eigenvalue weighted by Crippen LogP contribution is -2.44. The van der Waals surface area contributed by atoms with Gasteiger partial charge in [-0.05, 0) is 48.9 Å². The highest BCUT2D eigenvalue weighted by molar-refractivity contribution is 5.85. The highest BCUT2D eigenvalue weighted by Gasteiger charge is 2.15. The molecule has 30 heavy (non-hydrogen) atoms. The predicted molar refractivity (Wildman–Crippen MR) is 121 cm³/mol. The number of hydrogen-bond acceptors (Lipinski definition) is 5. The summed E-state index contributed by atoms with van der Waals surface area (Å²) in [6.45, 7) is 6.48. The molecule has 1 aliphatic rings. The Hall–Kier alpha value is -3.25. The van der Waals surface area contributed by atoms with Gasteiger partial charge in [0.1, 0.15) is 0 Å². The van der Waals surface area contributed by atoms with E-state index in [9.17, 15) is 0 Å². The van der Waals surface area contributed by atoms with Crippen LogP contribution >= 0.6 is 0 Å². The van der Waals surface area contributed by atoms with Crippen molar-refractivity contribution >= 4 is 16.7 Å². The molecule has 1 aliphatic heterocycles. The standard InChI is InChI=1S/C24H26N6/c1-17-22(19-14-26-27-15-19)6-7-23-24(17)28-20(16-25-23)12-18-4-3-5-21(13-18)30-10-8-29(2)9-11-30/h3-7,13-16H,8-12H2,1-2H3,(H,26,27). The van der Waals surface area contributed by atoms with Crippen LogP contribution < -0.4 is 4.90 Å². The molecule has 0 radical (unpaired) electrons. The van der Waals surface area contributed by atoms with Gasteiger partial charge in [-0.2, -0.15) is 5.10 Å². The maximum atomic E-state index is 4.98. The zero-order valence-electron chi connectivity index (χ0n) is 17.5. The van der Waals surface area contributed by atoms with Crippen molar-refractivity contribution in [2.24, 2.45) is 0 Å². The third-order valence-corrected chi connectivity index (χ3v) is 5.99. The fourth-order valence-corrected chi connectivity index (χ4v) is 4.18. The van der Waals surface area contributed by atoms with Gasteiger partial charge < -0.3 is 9.80 Å². The minimum absolute atomic E-state index is 0.778. The van der Waals surface area contributed by atoms with E-state index in [1.165, 1.54) is 11.3 Å². The quantitative estimate of drug-likeness (QED) is 0.568. The van der Waals surface area contributed by atoms with Crippen LogP contribution in [0.2, 0.25) is 0 Å². The number of fused-ring (bicyclic) bond motifs is 1. The summed E-state index contributed by atoms with van der Waals surface area (Å²) in [5.74, 6) is 0. The summed E-state index contributed by atoms with van der Waals surface area (Å²) in [5, 5.41) is 6.97. The number of nitrogens with one attached hydrogen (secondary N) is 1. The Morgan fingerprint density at radius 3 is 2.70 bits per heavy atom. The number of aromatic amines is 1. The molecule has 0 spiro atoms. The van der Waals surface area contributed by atoms with Gasteiger partial charge in [0.05, 0.1) is 22.9 Å². The molecule has 0 saturated carbocycles. The molecule has 5 rings (SSSR count). The van der Waals surface area contributed by atoms with E-state index in [1.54, 1.807) is 0 Å². The number of aromatic nitrogens is 4. The second kappa shape index (κ2) is 7.88. The lowest BCUT2D eigenvalue weighted by atomic mass is 10.0. The Bertz CT molecular complexity index is 1160. The molecule has 2 aromatic carbocycles. The van der Waals surface area contributed by atoms with Gasteiger partial charge in [-0.15, -0.1) is 0 Å². The number of H-pyrrole nitrogens is 1. The van der Waals surface area contributed by atoms with E-state index in [4.69, 9.17) is 4.98 Å². The van der Waals surface area contributed by atoms with Crippen LogP contribution in [0.5, 0.6) is 0 Å². The monoisotopic (exact) mass is 398 g/mol. The second-order valence-electron chi connectivity index (χ2n) is 8.09. The van der Waals surface area contributed by atoms with E-state index in [2.05, 4.69) is 69.3 Å². The van der Waals surface area contributed by atoms with Gasteiger partial charge in [0.2, 0.25) is 0 Å². The van der Waals surface area contributed by atoms with Crippen molar-refractivity contribution < 1.29 is 0 Å². The zero-order chi connectivity index (χ0) is 20.5. The van der Waals surface area contributed by atoms with Crippen molar-refractivity contribution in [3.8, 4) is 11.1 Å². The van der Waals surface area contributed by atoms with Crippen molar-refractivity contribution in [3.63, 3.8) is 0 Å². The third-order valence-electron chi connectivity index (χ3n) is 5.99. The van der Waals surface area contributed by atoms with Gasteiger partial charge in [-0.25, -0.2) is 4.98 Å². The van der Waals surface area contributed by atoms with E-state index in [1.807, 2.05) is 24.7 Å². The fraction of sp³-hybridized carbons (Fsp3) is 0.292. The topological polar surface area (TPSA) is 60.9 Å². The van der Waals surface area contributed by atoms with Crippen LogP contribution in [0.15, 0.2) is 55.0 Å². The number of nitrogens with zero attached hydrogens (tertiary/aromatic N) is 5. The first kappa shape index (κ1) is 18.8. The van der Waals surface area contributed by atoms with Gasteiger partial charge in [-0.3, -0.25) is 10.1 Å². The summed E-state index contributed by atoms with van der Waals surface area (Å²) in [5.41, 5.74) is 8.79. The molecule has 6 nitrogen and oxygen atoms in total. The van der Waals surface area contributed by atoms with Gasteiger partial charge in [0, 0.05) is 56.2 Å². The fourth-order valence-electron chi connectivity index (χ4n) is 4.18. The first-order chi connectivity index (χ1) is 14.7. The van der Waals surface area contributed by atoms with Crippen molar-refractivity contribution in [2.45, 2.75) is 13.3 Å². The number of benzene rings is 2. The SMILES string of the molecule is Cc1c(-c2cn[nH]c2)ccc2ncc(Cc3cccc(N4CCN(C)CC4)c3)nc12. The first-order valence-corrected chi connectivity index (χ1v) is 10.4. The van der Waals surface area contributed by atoms with Crippen LogP contribution in [0.1, 0.15) is 16.8 Å². The van der Waals surface area contributed by atoms with Crippen LogP contribution in [0.4, 0.5) is 5.69 Å². The lowest BCUT2D eigenvalue weighted by Gasteiger charge is -2.34.